The second kappa shape index (κ2) is 8.69. The summed E-state index contributed by atoms with van der Waals surface area (Å²) < 4.78 is 13.2. The number of fused-ring (bicyclic) bond motifs is 1. The van der Waals surface area contributed by atoms with Crippen molar-refractivity contribution < 1.29 is 13.9 Å². The summed E-state index contributed by atoms with van der Waals surface area (Å²) in [5, 5.41) is 8.84. The van der Waals surface area contributed by atoms with Gasteiger partial charge in [0.1, 0.15) is 24.4 Å². The normalized spacial score (nSPS) is 15.4. The van der Waals surface area contributed by atoms with E-state index in [1.54, 1.807) is 12.6 Å². The zero-order valence-corrected chi connectivity index (χ0v) is 17.4. The molecule has 3 heterocycles. The number of aromatic nitrogens is 3. The molecule has 1 atom stereocenters. The zero-order chi connectivity index (χ0) is 21.0. The van der Waals surface area contributed by atoms with Crippen LogP contribution in [0.4, 0.5) is 5.69 Å². The predicted molar refractivity (Wildman–Crippen MR) is 117 cm³/mol. The average molecular weight is 433 g/mol. The highest BCUT2D eigenvalue weighted by Gasteiger charge is 2.33. The summed E-state index contributed by atoms with van der Waals surface area (Å²) in [6.45, 7) is 0.926. The fraction of sp³-hybridized carbons (Fsp3) is 0.174. The van der Waals surface area contributed by atoms with Crippen molar-refractivity contribution in [2.45, 2.75) is 17.7 Å². The summed E-state index contributed by atoms with van der Waals surface area (Å²) in [6, 6.07) is 21.2. The highest BCUT2D eigenvalue weighted by atomic mass is 32.2. The van der Waals surface area contributed by atoms with Gasteiger partial charge >= 0.3 is 0 Å². The van der Waals surface area contributed by atoms with Gasteiger partial charge in [-0.25, -0.2) is 0 Å². The van der Waals surface area contributed by atoms with Crippen molar-refractivity contribution in [3.63, 3.8) is 0 Å². The number of furan rings is 1. The Kier molecular flexibility index (Phi) is 5.45. The Morgan fingerprint density at radius 1 is 1.06 bits per heavy atom. The van der Waals surface area contributed by atoms with Crippen molar-refractivity contribution >= 4 is 23.4 Å². The lowest BCUT2D eigenvalue weighted by Crippen LogP contribution is -2.42. The molecule has 0 unspecified atom stereocenters. The van der Waals surface area contributed by atoms with Crippen molar-refractivity contribution in [2.24, 2.45) is 0 Å². The standard InChI is InChI=1S/C23H20N4O3S/c28-22(15-31-23-25-24-16-26(23)13-18-9-6-12-29-18)27-19-10-4-5-11-21(19)30-14-20(27)17-7-2-1-3-8-17/h1-12,16,20H,13-15H2/t20-/m0/s1. The molecule has 0 spiro atoms. The van der Waals surface area contributed by atoms with E-state index < -0.39 is 0 Å². The maximum Gasteiger partial charge on any atom is 0.238 e. The number of carbonyl (C=O) groups is 1. The molecule has 0 fully saturated rings. The Morgan fingerprint density at radius 2 is 1.90 bits per heavy atom. The van der Waals surface area contributed by atoms with E-state index in [4.69, 9.17) is 9.15 Å². The molecule has 1 aliphatic rings. The molecule has 0 radical (unpaired) electrons. The van der Waals surface area contributed by atoms with Gasteiger partial charge in [0.2, 0.25) is 5.91 Å². The van der Waals surface area contributed by atoms with Gasteiger partial charge in [0.15, 0.2) is 5.16 Å². The van der Waals surface area contributed by atoms with E-state index >= 15 is 0 Å². The minimum atomic E-state index is -0.190. The van der Waals surface area contributed by atoms with Gasteiger partial charge in [0.25, 0.3) is 0 Å². The molecule has 8 heteroatoms. The monoisotopic (exact) mass is 432 g/mol. The van der Waals surface area contributed by atoms with Gasteiger partial charge in [-0.15, -0.1) is 10.2 Å². The van der Waals surface area contributed by atoms with Crippen LogP contribution in [0.5, 0.6) is 5.75 Å². The Balaban J connectivity index is 1.37. The van der Waals surface area contributed by atoms with Crippen LogP contribution < -0.4 is 9.64 Å². The fourth-order valence-electron chi connectivity index (χ4n) is 3.65. The number of amides is 1. The van der Waals surface area contributed by atoms with Crippen LogP contribution in [0.15, 0.2) is 88.9 Å². The van der Waals surface area contributed by atoms with Crippen LogP contribution in [0.1, 0.15) is 17.4 Å². The van der Waals surface area contributed by atoms with Crippen LogP contribution in [0.3, 0.4) is 0 Å². The Hall–Kier alpha value is -3.52. The van der Waals surface area contributed by atoms with E-state index in [-0.39, 0.29) is 17.7 Å². The van der Waals surface area contributed by atoms with Crippen LogP contribution in [-0.2, 0) is 11.3 Å². The summed E-state index contributed by atoms with van der Waals surface area (Å²) in [4.78, 5) is 15.3. The Morgan fingerprint density at radius 3 is 2.74 bits per heavy atom. The maximum absolute atomic E-state index is 13.4. The molecular formula is C23H20N4O3S. The van der Waals surface area contributed by atoms with Crippen molar-refractivity contribution in [2.75, 3.05) is 17.3 Å². The molecule has 31 heavy (non-hydrogen) atoms. The summed E-state index contributed by atoms with van der Waals surface area (Å²) in [7, 11) is 0. The number of thioether (sulfide) groups is 1. The van der Waals surface area contributed by atoms with Crippen LogP contribution in [0, 0.1) is 0 Å². The summed E-state index contributed by atoms with van der Waals surface area (Å²) in [5.41, 5.74) is 1.82. The van der Waals surface area contributed by atoms with E-state index in [2.05, 4.69) is 10.2 Å². The first kappa shape index (κ1) is 19.4. The van der Waals surface area contributed by atoms with Gasteiger partial charge in [0, 0.05) is 0 Å². The Bertz CT molecular complexity index is 1160. The molecule has 2 aromatic carbocycles. The number of nitrogens with zero attached hydrogens (tertiary/aromatic N) is 4. The van der Waals surface area contributed by atoms with Gasteiger partial charge in [0.05, 0.1) is 30.3 Å². The second-order valence-electron chi connectivity index (χ2n) is 7.08. The molecule has 0 saturated carbocycles. The maximum atomic E-state index is 13.4. The van der Waals surface area contributed by atoms with Crippen molar-refractivity contribution in [3.05, 3.63) is 90.6 Å². The quantitative estimate of drug-likeness (QED) is 0.426. The molecule has 0 aliphatic carbocycles. The molecule has 0 bridgehead atoms. The highest BCUT2D eigenvalue weighted by molar-refractivity contribution is 7.99. The number of hydrogen-bond donors (Lipinski definition) is 0. The van der Waals surface area contributed by atoms with Gasteiger partial charge in [-0.2, -0.15) is 0 Å². The SMILES string of the molecule is O=C(CSc1nncn1Cc1ccco1)N1c2ccccc2OC[C@H]1c1ccccc1. The smallest absolute Gasteiger partial charge is 0.238 e. The van der Waals surface area contributed by atoms with Crippen LogP contribution in [0.25, 0.3) is 0 Å². The fourth-order valence-corrected chi connectivity index (χ4v) is 4.42. The van der Waals surface area contributed by atoms with Gasteiger partial charge < -0.3 is 13.7 Å². The predicted octanol–water partition coefficient (Wildman–Crippen LogP) is 4.18. The highest BCUT2D eigenvalue weighted by Crippen LogP contribution is 2.39. The largest absolute Gasteiger partial charge is 0.489 e. The topological polar surface area (TPSA) is 73.4 Å². The van der Waals surface area contributed by atoms with Crippen LogP contribution in [-0.4, -0.2) is 33.0 Å². The van der Waals surface area contributed by atoms with E-state index in [0.29, 0.717) is 24.1 Å². The molecule has 156 valence electrons. The second-order valence-corrected chi connectivity index (χ2v) is 8.02. The average Bonchev–Trinajstić information content (AvgIpc) is 3.50. The molecule has 1 amide bonds. The minimum Gasteiger partial charge on any atom is -0.489 e. The molecule has 2 aromatic heterocycles. The summed E-state index contributed by atoms with van der Waals surface area (Å²) in [5.74, 6) is 1.74. The molecule has 0 saturated heterocycles. The lowest BCUT2D eigenvalue weighted by atomic mass is 10.0. The lowest BCUT2D eigenvalue weighted by Gasteiger charge is -2.37. The van der Waals surface area contributed by atoms with E-state index in [1.807, 2.05) is 76.2 Å². The molecular weight excluding hydrogens is 412 g/mol. The lowest BCUT2D eigenvalue weighted by molar-refractivity contribution is -0.117. The Labute approximate surface area is 183 Å². The van der Waals surface area contributed by atoms with Gasteiger partial charge in [-0.1, -0.05) is 54.2 Å². The molecule has 1 aliphatic heterocycles. The number of benzene rings is 2. The zero-order valence-electron chi connectivity index (χ0n) is 16.6. The van der Waals surface area contributed by atoms with E-state index in [1.165, 1.54) is 11.8 Å². The number of ether oxygens (including phenoxy) is 1. The molecule has 5 rings (SSSR count). The van der Waals surface area contributed by atoms with Gasteiger partial charge in [-0.3, -0.25) is 9.69 Å². The van der Waals surface area contributed by atoms with E-state index in [0.717, 1.165) is 17.0 Å². The van der Waals surface area contributed by atoms with Crippen molar-refractivity contribution in [1.82, 2.24) is 14.8 Å². The number of rotatable bonds is 6. The first-order valence-electron chi connectivity index (χ1n) is 9.91. The van der Waals surface area contributed by atoms with E-state index in [9.17, 15) is 4.79 Å². The van der Waals surface area contributed by atoms with Crippen LogP contribution >= 0.6 is 11.8 Å². The molecule has 4 aromatic rings. The molecule has 0 N–H and O–H groups in total. The van der Waals surface area contributed by atoms with Crippen molar-refractivity contribution in [1.29, 1.82) is 0 Å². The third-order valence-corrected chi connectivity index (χ3v) is 6.06. The first-order chi connectivity index (χ1) is 15.3. The first-order valence-corrected chi connectivity index (χ1v) is 10.9. The van der Waals surface area contributed by atoms with Gasteiger partial charge in [-0.05, 0) is 29.8 Å². The summed E-state index contributed by atoms with van der Waals surface area (Å²) in [6.07, 6.45) is 3.28. The number of hydrogen-bond acceptors (Lipinski definition) is 6. The van der Waals surface area contributed by atoms with Crippen LogP contribution in [0.2, 0.25) is 0 Å². The molecule has 7 nitrogen and oxygen atoms in total. The third-order valence-electron chi connectivity index (χ3n) is 5.10. The minimum absolute atomic E-state index is 0.0119. The number of carbonyl (C=O) groups excluding carboxylic acids is 1. The summed E-state index contributed by atoms with van der Waals surface area (Å²) >= 11 is 1.36. The third kappa shape index (κ3) is 4.06. The number of anilines is 1. The number of para-hydroxylation sites is 2. The van der Waals surface area contributed by atoms with Crippen molar-refractivity contribution in [3.8, 4) is 5.75 Å².